The van der Waals surface area contributed by atoms with Gasteiger partial charge in [-0.15, -0.1) is 11.3 Å². The zero-order valence-electron chi connectivity index (χ0n) is 9.54. The standard InChI is InChI=1S/C12H9BrO4S2/c13-10-5-6-18-11(10)7-19(16,17)9-3-1-8(2-4-9)12(14)15/h1-6H,7H2,(H,14,15). The van der Waals surface area contributed by atoms with Gasteiger partial charge in [-0.05, 0) is 51.6 Å². The number of thiophene rings is 1. The van der Waals surface area contributed by atoms with E-state index in [2.05, 4.69) is 15.9 Å². The highest BCUT2D eigenvalue weighted by molar-refractivity contribution is 9.10. The molecule has 1 aromatic heterocycles. The molecule has 4 nitrogen and oxygen atoms in total. The summed E-state index contributed by atoms with van der Waals surface area (Å²) >= 11 is 4.65. The summed E-state index contributed by atoms with van der Waals surface area (Å²) in [5.74, 6) is -1.18. The van der Waals surface area contributed by atoms with E-state index in [0.29, 0.717) is 0 Å². The minimum Gasteiger partial charge on any atom is -0.478 e. The number of hydrogen-bond acceptors (Lipinski definition) is 4. The molecule has 0 aliphatic heterocycles. The molecule has 0 aliphatic carbocycles. The molecule has 0 amide bonds. The lowest BCUT2D eigenvalue weighted by Crippen LogP contribution is -2.05. The smallest absolute Gasteiger partial charge is 0.335 e. The number of carboxylic acid groups (broad SMARTS) is 1. The van der Waals surface area contributed by atoms with Crippen LogP contribution in [0, 0.1) is 0 Å². The SMILES string of the molecule is O=C(O)c1ccc(S(=O)(=O)Cc2sccc2Br)cc1. The molecule has 1 heterocycles. The molecular weight excluding hydrogens is 352 g/mol. The molecule has 0 bridgehead atoms. The van der Waals surface area contributed by atoms with Crippen LogP contribution in [0.5, 0.6) is 0 Å². The Bertz CT molecular complexity index is 702. The van der Waals surface area contributed by atoms with E-state index in [4.69, 9.17) is 5.11 Å². The molecule has 1 N–H and O–H groups in total. The summed E-state index contributed by atoms with van der Waals surface area (Å²) in [4.78, 5) is 11.6. The van der Waals surface area contributed by atoms with Gasteiger partial charge >= 0.3 is 5.97 Å². The molecule has 0 atom stereocenters. The quantitative estimate of drug-likeness (QED) is 0.908. The maximum absolute atomic E-state index is 12.2. The van der Waals surface area contributed by atoms with Crippen molar-refractivity contribution >= 4 is 43.1 Å². The van der Waals surface area contributed by atoms with Crippen LogP contribution in [-0.2, 0) is 15.6 Å². The van der Waals surface area contributed by atoms with Crippen molar-refractivity contribution in [2.75, 3.05) is 0 Å². The monoisotopic (exact) mass is 360 g/mol. The van der Waals surface area contributed by atoms with Crippen LogP contribution in [0.2, 0.25) is 0 Å². The third kappa shape index (κ3) is 3.23. The number of hydrogen-bond donors (Lipinski definition) is 1. The molecule has 1 aromatic carbocycles. The second kappa shape index (κ2) is 5.44. The van der Waals surface area contributed by atoms with Crippen molar-refractivity contribution in [3.8, 4) is 0 Å². The predicted molar refractivity (Wildman–Crippen MR) is 76.3 cm³/mol. The van der Waals surface area contributed by atoms with E-state index in [1.165, 1.54) is 35.6 Å². The van der Waals surface area contributed by atoms with Gasteiger partial charge in [0.1, 0.15) is 0 Å². The van der Waals surface area contributed by atoms with Crippen LogP contribution in [-0.4, -0.2) is 19.5 Å². The van der Waals surface area contributed by atoms with Gasteiger partial charge in [0.15, 0.2) is 9.84 Å². The number of rotatable bonds is 4. The number of carbonyl (C=O) groups is 1. The Kier molecular flexibility index (Phi) is 4.07. The van der Waals surface area contributed by atoms with E-state index < -0.39 is 15.8 Å². The van der Waals surface area contributed by atoms with E-state index >= 15 is 0 Å². The molecule has 0 spiro atoms. The molecule has 0 aliphatic rings. The highest BCUT2D eigenvalue weighted by atomic mass is 79.9. The minimum atomic E-state index is -3.46. The summed E-state index contributed by atoms with van der Waals surface area (Å²) < 4.78 is 25.1. The van der Waals surface area contributed by atoms with Crippen LogP contribution >= 0.6 is 27.3 Å². The van der Waals surface area contributed by atoms with Gasteiger partial charge < -0.3 is 5.11 Å². The molecule has 0 saturated carbocycles. The summed E-state index contributed by atoms with van der Waals surface area (Å²) in [6.45, 7) is 0. The third-order valence-corrected chi connectivity index (χ3v) is 6.24. The van der Waals surface area contributed by atoms with Gasteiger partial charge in [0.2, 0.25) is 0 Å². The number of carboxylic acids is 1. The second-order valence-electron chi connectivity index (χ2n) is 3.78. The molecule has 0 radical (unpaired) electrons. The Hall–Kier alpha value is -1.18. The van der Waals surface area contributed by atoms with Crippen molar-refractivity contribution in [1.82, 2.24) is 0 Å². The van der Waals surface area contributed by atoms with Gasteiger partial charge in [-0.3, -0.25) is 0 Å². The van der Waals surface area contributed by atoms with Crippen molar-refractivity contribution < 1.29 is 18.3 Å². The van der Waals surface area contributed by atoms with E-state index in [9.17, 15) is 13.2 Å². The van der Waals surface area contributed by atoms with Gasteiger partial charge in [-0.1, -0.05) is 0 Å². The summed E-state index contributed by atoms with van der Waals surface area (Å²) in [7, 11) is -3.46. The fraction of sp³-hybridized carbons (Fsp3) is 0.0833. The molecule has 0 saturated heterocycles. The van der Waals surface area contributed by atoms with Crippen LogP contribution in [0.15, 0.2) is 45.1 Å². The Morgan fingerprint density at radius 3 is 2.32 bits per heavy atom. The van der Waals surface area contributed by atoms with Crippen LogP contribution < -0.4 is 0 Å². The summed E-state index contributed by atoms with van der Waals surface area (Å²) in [5, 5.41) is 10.6. The second-order valence-corrected chi connectivity index (χ2v) is 7.62. The van der Waals surface area contributed by atoms with E-state index in [-0.39, 0.29) is 16.2 Å². The molecule has 100 valence electrons. The maximum atomic E-state index is 12.2. The van der Waals surface area contributed by atoms with Crippen molar-refractivity contribution in [3.63, 3.8) is 0 Å². The zero-order valence-corrected chi connectivity index (χ0v) is 12.8. The molecular formula is C12H9BrO4S2. The first-order valence-electron chi connectivity index (χ1n) is 5.18. The molecule has 19 heavy (non-hydrogen) atoms. The Morgan fingerprint density at radius 1 is 1.21 bits per heavy atom. The summed E-state index contributed by atoms with van der Waals surface area (Å²) in [6, 6.07) is 7.01. The zero-order chi connectivity index (χ0) is 14.0. The van der Waals surface area contributed by atoms with E-state index in [1.54, 1.807) is 6.07 Å². The van der Waals surface area contributed by atoms with Gasteiger partial charge in [0, 0.05) is 9.35 Å². The lowest BCUT2D eigenvalue weighted by atomic mass is 10.2. The van der Waals surface area contributed by atoms with Crippen molar-refractivity contribution in [2.45, 2.75) is 10.6 Å². The average Bonchev–Trinajstić information content (AvgIpc) is 2.74. The highest BCUT2D eigenvalue weighted by Gasteiger charge is 2.18. The van der Waals surface area contributed by atoms with Crippen LogP contribution in [0.25, 0.3) is 0 Å². The average molecular weight is 361 g/mol. The van der Waals surface area contributed by atoms with Gasteiger partial charge in [-0.2, -0.15) is 0 Å². The van der Waals surface area contributed by atoms with E-state index in [0.717, 1.165) is 9.35 Å². The van der Waals surface area contributed by atoms with Crippen LogP contribution in [0.1, 0.15) is 15.2 Å². The lowest BCUT2D eigenvalue weighted by Gasteiger charge is -2.04. The lowest BCUT2D eigenvalue weighted by molar-refractivity contribution is 0.0697. The largest absolute Gasteiger partial charge is 0.478 e. The van der Waals surface area contributed by atoms with Crippen LogP contribution in [0.3, 0.4) is 0 Å². The highest BCUT2D eigenvalue weighted by Crippen LogP contribution is 2.27. The maximum Gasteiger partial charge on any atom is 0.335 e. The fourth-order valence-electron chi connectivity index (χ4n) is 1.49. The predicted octanol–water partition coefficient (Wildman–Crippen LogP) is 3.18. The Labute approximate surface area is 122 Å². The molecule has 2 rings (SSSR count). The Morgan fingerprint density at radius 2 is 1.84 bits per heavy atom. The van der Waals surface area contributed by atoms with Crippen molar-refractivity contribution in [1.29, 1.82) is 0 Å². The summed E-state index contributed by atoms with van der Waals surface area (Å²) in [5.41, 5.74) is 0.0660. The molecule has 2 aromatic rings. The van der Waals surface area contributed by atoms with Crippen LogP contribution in [0.4, 0.5) is 0 Å². The number of sulfone groups is 1. The third-order valence-electron chi connectivity index (χ3n) is 2.47. The Balaban J connectivity index is 2.29. The molecule has 7 heteroatoms. The van der Waals surface area contributed by atoms with Gasteiger partial charge in [-0.25, -0.2) is 13.2 Å². The topological polar surface area (TPSA) is 71.4 Å². The van der Waals surface area contributed by atoms with Gasteiger partial charge in [0.05, 0.1) is 16.2 Å². The first-order valence-corrected chi connectivity index (χ1v) is 8.50. The number of aromatic carboxylic acids is 1. The van der Waals surface area contributed by atoms with Crippen molar-refractivity contribution in [3.05, 3.63) is 50.6 Å². The first kappa shape index (κ1) is 14.2. The molecule has 0 unspecified atom stereocenters. The first-order chi connectivity index (χ1) is 8.90. The van der Waals surface area contributed by atoms with Crippen molar-refractivity contribution in [2.24, 2.45) is 0 Å². The number of halogens is 1. The normalized spacial score (nSPS) is 11.4. The van der Waals surface area contributed by atoms with E-state index in [1.807, 2.05) is 5.38 Å². The number of benzene rings is 1. The summed E-state index contributed by atoms with van der Waals surface area (Å²) in [6.07, 6.45) is 0. The minimum absolute atomic E-state index is 0.0660. The fourth-order valence-corrected chi connectivity index (χ4v) is 4.91. The molecule has 0 fully saturated rings. The van der Waals surface area contributed by atoms with Gasteiger partial charge in [0.25, 0.3) is 0 Å².